The predicted octanol–water partition coefficient (Wildman–Crippen LogP) is 4.54. The van der Waals surface area contributed by atoms with E-state index in [4.69, 9.17) is 4.74 Å². The average molecular weight is 456 g/mol. The summed E-state index contributed by atoms with van der Waals surface area (Å²) in [5.74, 6) is -1.12. The van der Waals surface area contributed by atoms with Crippen molar-refractivity contribution in [2.24, 2.45) is 0 Å². The van der Waals surface area contributed by atoms with Gasteiger partial charge in [0.1, 0.15) is 11.6 Å². The number of unbranched alkanes of at least 4 members (excludes halogenated alkanes) is 1. The highest BCUT2D eigenvalue weighted by atomic mass is 79.9. The predicted molar refractivity (Wildman–Crippen MR) is 115 cm³/mol. The van der Waals surface area contributed by atoms with Gasteiger partial charge in [0.2, 0.25) is 0 Å². The van der Waals surface area contributed by atoms with E-state index in [0.29, 0.717) is 18.8 Å². The number of esters is 1. The highest BCUT2D eigenvalue weighted by Gasteiger charge is 2.16. The van der Waals surface area contributed by atoms with Crippen molar-refractivity contribution in [1.82, 2.24) is 5.32 Å². The molecule has 29 heavy (non-hydrogen) atoms. The summed E-state index contributed by atoms with van der Waals surface area (Å²) in [6.07, 6.45) is 3.04. The first-order valence-electron chi connectivity index (χ1n) is 9.20. The molecule has 150 valence electrons. The monoisotopic (exact) mass is 455 g/mol. The van der Waals surface area contributed by atoms with Crippen LogP contribution in [0.5, 0.6) is 0 Å². The van der Waals surface area contributed by atoms with Crippen molar-refractivity contribution < 1.29 is 14.3 Å². The topological polar surface area (TPSA) is 91.2 Å². The number of amides is 1. The number of benzene rings is 2. The second-order valence-corrected chi connectivity index (χ2v) is 7.09. The Hall–Kier alpha value is -3.11. The van der Waals surface area contributed by atoms with Crippen LogP contribution >= 0.6 is 15.9 Å². The summed E-state index contributed by atoms with van der Waals surface area (Å²) in [5, 5.41) is 14.9. The summed E-state index contributed by atoms with van der Waals surface area (Å²) in [5.41, 5.74) is 1.44. The van der Waals surface area contributed by atoms with Crippen LogP contribution in [0.25, 0.3) is 0 Å². The first-order valence-corrected chi connectivity index (χ1v) is 10.00. The van der Waals surface area contributed by atoms with E-state index >= 15 is 0 Å². The van der Waals surface area contributed by atoms with E-state index < -0.39 is 11.9 Å². The number of hydrogen-bond donors (Lipinski definition) is 2. The minimum Gasteiger partial charge on any atom is -0.462 e. The number of carbonyl (C=O) groups excluding carboxylic acids is 2. The van der Waals surface area contributed by atoms with E-state index in [1.165, 1.54) is 6.20 Å². The standard InChI is InChI=1S/C22H22BrN3O3/c1-2-3-11-29-22(28)19-9-4-5-10-20(19)26-21(27)17(13-24)15-25-14-16-7-6-8-18(23)12-16/h4-10,12,15,25H,2-3,11,14H2,1H3,(H,26,27)/b17-15-. The molecule has 2 rings (SSSR count). The minimum atomic E-state index is -0.608. The summed E-state index contributed by atoms with van der Waals surface area (Å²) in [4.78, 5) is 24.7. The van der Waals surface area contributed by atoms with Crippen molar-refractivity contribution in [1.29, 1.82) is 5.26 Å². The lowest BCUT2D eigenvalue weighted by Crippen LogP contribution is -2.19. The molecule has 0 saturated heterocycles. The van der Waals surface area contributed by atoms with Crippen molar-refractivity contribution >= 4 is 33.5 Å². The van der Waals surface area contributed by atoms with Gasteiger partial charge in [0.15, 0.2) is 0 Å². The zero-order valence-electron chi connectivity index (χ0n) is 16.1. The molecular formula is C22H22BrN3O3. The van der Waals surface area contributed by atoms with Crippen LogP contribution in [0.1, 0.15) is 35.7 Å². The van der Waals surface area contributed by atoms with Crippen LogP contribution in [-0.4, -0.2) is 18.5 Å². The fourth-order valence-corrected chi connectivity index (χ4v) is 2.86. The van der Waals surface area contributed by atoms with Crippen molar-refractivity contribution in [3.63, 3.8) is 0 Å². The van der Waals surface area contributed by atoms with Crippen LogP contribution in [0.4, 0.5) is 5.69 Å². The maximum absolute atomic E-state index is 12.5. The number of anilines is 1. The third kappa shape index (κ3) is 7.09. The number of rotatable bonds is 9. The van der Waals surface area contributed by atoms with Gasteiger partial charge in [0.25, 0.3) is 5.91 Å². The summed E-state index contributed by atoms with van der Waals surface area (Å²) < 4.78 is 6.16. The Kier molecular flexibility index (Phi) is 8.93. The normalized spacial score (nSPS) is 10.7. The molecule has 0 bridgehead atoms. The van der Waals surface area contributed by atoms with Crippen LogP contribution in [0.3, 0.4) is 0 Å². The third-order valence-corrected chi connectivity index (χ3v) is 4.43. The summed E-state index contributed by atoms with van der Waals surface area (Å²) in [6.45, 7) is 2.78. The lowest BCUT2D eigenvalue weighted by Gasteiger charge is -2.10. The summed E-state index contributed by atoms with van der Waals surface area (Å²) in [7, 11) is 0. The fraction of sp³-hybridized carbons (Fsp3) is 0.227. The van der Waals surface area contributed by atoms with E-state index in [9.17, 15) is 14.9 Å². The summed E-state index contributed by atoms with van der Waals surface area (Å²) >= 11 is 3.40. The van der Waals surface area contributed by atoms with Crippen molar-refractivity contribution in [2.75, 3.05) is 11.9 Å². The van der Waals surface area contributed by atoms with Gasteiger partial charge in [-0.1, -0.05) is 53.5 Å². The van der Waals surface area contributed by atoms with Gasteiger partial charge in [0.05, 0.1) is 17.9 Å². The van der Waals surface area contributed by atoms with Crippen molar-refractivity contribution in [3.05, 3.63) is 75.9 Å². The van der Waals surface area contributed by atoms with Crippen molar-refractivity contribution in [2.45, 2.75) is 26.3 Å². The molecule has 0 fully saturated rings. The second kappa shape index (κ2) is 11.7. The van der Waals surface area contributed by atoms with Gasteiger partial charge in [-0.25, -0.2) is 4.79 Å². The number of nitriles is 1. The molecule has 0 saturated carbocycles. The van der Waals surface area contributed by atoms with Gasteiger partial charge in [-0.05, 0) is 36.2 Å². The number of ether oxygens (including phenoxy) is 1. The molecule has 2 aromatic rings. The molecular weight excluding hydrogens is 434 g/mol. The number of halogens is 1. The molecule has 0 spiro atoms. The first kappa shape index (κ1) is 22.2. The van der Waals surface area contributed by atoms with Crippen LogP contribution in [0.2, 0.25) is 0 Å². The van der Waals surface area contributed by atoms with Crippen LogP contribution in [-0.2, 0) is 16.1 Å². The molecule has 2 aromatic carbocycles. The summed E-state index contributed by atoms with van der Waals surface area (Å²) in [6, 6.07) is 16.1. The smallest absolute Gasteiger partial charge is 0.340 e. The Labute approximate surface area is 178 Å². The Morgan fingerprint density at radius 1 is 1.21 bits per heavy atom. The molecule has 0 aliphatic rings. The van der Waals surface area contributed by atoms with Gasteiger partial charge in [-0.15, -0.1) is 0 Å². The highest BCUT2D eigenvalue weighted by molar-refractivity contribution is 9.10. The van der Waals surface area contributed by atoms with Crippen LogP contribution in [0.15, 0.2) is 64.8 Å². The van der Waals surface area contributed by atoms with Gasteiger partial charge < -0.3 is 15.4 Å². The lowest BCUT2D eigenvalue weighted by atomic mass is 10.1. The van der Waals surface area contributed by atoms with Gasteiger partial charge >= 0.3 is 5.97 Å². The fourth-order valence-electron chi connectivity index (χ4n) is 2.41. The number of nitrogens with one attached hydrogen (secondary N) is 2. The third-order valence-electron chi connectivity index (χ3n) is 3.93. The quantitative estimate of drug-likeness (QED) is 0.250. The molecule has 2 N–H and O–H groups in total. The molecule has 1 amide bonds. The zero-order chi connectivity index (χ0) is 21.1. The molecule has 0 atom stereocenters. The zero-order valence-corrected chi connectivity index (χ0v) is 17.7. The Balaban J connectivity index is 2.04. The van der Waals surface area contributed by atoms with Crippen LogP contribution in [0, 0.1) is 11.3 Å². The number of para-hydroxylation sites is 1. The van der Waals surface area contributed by atoms with Gasteiger partial charge in [-0.2, -0.15) is 5.26 Å². The van der Waals surface area contributed by atoms with E-state index in [-0.39, 0.29) is 11.1 Å². The molecule has 0 aliphatic carbocycles. The second-order valence-electron chi connectivity index (χ2n) is 6.17. The molecule has 6 nitrogen and oxygen atoms in total. The number of hydrogen-bond acceptors (Lipinski definition) is 5. The SMILES string of the molecule is CCCCOC(=O)c1ccccc1NC(=O)/C(C#N)=C\NCc1cccc(Br)c1. The van der Waals surface area contributed by atoms with Gasteiger partial charge in [0, 0.05) is 17.2 Å². The van der Waals surface area contributed by atoms with Crippen LogP contribution < -0.4 is 10.6 Å². The molecule has 7 heteroatoms. The largest absolute Gasteiger partial charge is 0.462 e. The molecule has 0 aromatic heterocycles. The van der Waals surface area contributed by atoms with E-state index in [0.717, 1.165) is 22.9 Å². The Morgan fingerprint density at radius 2 is 2.00 bits per heavy atom. The first-order chi connectivity index (χ1) is 14.0. The minimum absolute atomic E-state index is 0.103. The Bertz CT molecular complexity index is 935. The molecule has 0 unspecified atom stereocenters. The maximum Gasteiger partial charge on any atom is 0.340 e. The molecule has 0 heterocycles. The van der Waals surface area contributed by atoms with Crippen molar-refractivity contribution in [3.8, 4) is 6.07 Å². The highest BCUT2D eigenvalue weighted by Crippen LogP contribution is 2.17. The van der Waals surface area contributed by atoms with E-state index in [1.807, 2.05) is 37.3 Å². The van der Waals surface area contributed by atoms with E-state index in [1.54, 1.807) is 24.3 Å². The molecule has 0 aliphatic heterocycles. The number of nitrogens with zero attached hydrogens (tertiary/aromatic N) is 1. The maximum atomic E-state index is 12.5. The Morgan fingerprint density at radius 3 is 2.72 bits per heavy atom. The van der Waals surface area contributed by atoms with E-state index in [2.05, 4.69) is 26.6 Å². The average Bonchev–Trinajstić information content (AvgIpc) is 2.71. The van der Waals surface area contributed by atoms with Gasteiger partial charge in [-0.3, -0.25) is 4.79 Å². The molecule has 0 radical (unpaired) electrons. The number of carbonyl (C=O) groups is 2. The lowest BCUT2D eigenvalue weighted by molar-refractivity contribution is -0.112.